The number of carbonyl (C=O) groups excluding carboxylic acids is 3. The minimum Gasteiger partial charge on any atom is -0.370 e. The van der Waals surface area contributed by atoms with Gasteiger partial charge in [0.2, 0.25) is 11.8 Å². The number of allylic oxidation sites excluding steroid dienone is 1. The van der Waals surface area contributed by atoms with Crippen LogP contribution in [0.25, 0.3) is 0 Å². The fraction of sp³-hybridized carbons (Fsp3) is 0.643. The van der Waals surface area contributed by atoms with Gasteiger partial charge in [-0.3, -0.25) is 14.4 Å². The molecule has 0 unspecified atom stereocenters. The average Bonchev–Trinajstić information content (AvgIpc) is 2.35. The topological polar surface area (TPSA) is 115 Å². The van der Waals surface area contributed by atoms with Crippen molar-refractivity contribution in [1.82, 2.24) is 5.32 Å². The zero-order valence-electron chi connectivity index (χ0n) is 12.3. The van der Waals surface area contributed by atoms with E-state index in [9.17, 15) is 14.4 Å². The first kappa shape index (κ1) is 18.3. The molecule has 0 aromatic rings. The summed E-state index contributed by atoms with van der Waals surface area (Å²) in [5, 5.41) is 2.68. The van der Waals surface area contributed by atoms with Gasteiger partial charge in [0.05, 0.1) is 11.6 Å². The molecular weight excluding hydrogens is 258 g/mol. The maximum atomic E-state index is 11.9. The second-order valence-electron chi connectivity index (χ2n) is 5.17. The summed E-state index contributed by atoms with van der Waals surface area (Å²) in [4.78, 5) is 34.3. The van der Waals surface area contributed by atoms with Gasteiger partial charge in [-0.05, 0) is 39.5 Å². The molecule has 0 saturated carbocycles. The van der Waals surface area contributed by atoms with E-state index in [-0.39, 0.29) is 18.6 Å². The number of unbranched alkanes of at least 4 members (excludes halogenated alkanes) is 1. The second-order valence-corrected chi connectivity index (χ2v) is 5.17. The molecule has 0 aliphatic heterocycles. The lowest BCUT2D eigenvalue weighted by Crippen LogP contribution is -2.55. The molecule has 0 rings (SSSR count). The first-order valence-electron chi connectivity index (χ1n) is 6.70. The van der Waals surface area contributed by atoms with Gasteiger partial charge < -0.3 is 16.8 Å². The zero-order valence-corrected chi connectivity index (χ0v) is 12.3. The van der Waals surface area contributed by atoms with Gasteiger partial charge in [0, 0.05) is 6.42 Å². The second kappa shape index (κ2) is 8.47. The number of Topliss-reactive ketones (excluding diaryl/α,β-unsaturated/α-hetero) is 1. The van der Waals surface area contributed by atoms with Gasteiger partial charge in [-0.2, -0.15) is 0 Å². The molecule has 114 valence electrons. The van der Waals surface area contributed by atoms with E-state index in [1.165, 1.54) is 6.92 Å². The molecule has 6 nitrogen and oxygen atoms in total. The van der Waals surface area contributed by atoms with Crippen molar-refractivity contribution in [2.45, 2.75) is 57.5 Å². The van der Waals surface area contributed by atoms with Gasteiger partial charge in [-0.25, -0.2) is 0 Å². The normalized spacial score (nSPS) is 14.9. The molecule has 0 aliphatic rings. The molecule has 0 radical (unpaired) electrons. The fourth-order valence-electron chi connectivity index (χ4n) is 1.72. The number of nitrogens with one attached hydrogen (secondary N) is 1. The van der Waals surface area contributed by atoms with Crippen LogP contribution in [0.3, 0.4) is 0 Å². The molecule has 0 heterocycles. The maximum absolute atomic E-state index is 11.9. The molecule has 6 heteroatoms. The van der Waals surface area contributed by atoms with Gasteiger partial charge in [0.1, 0.15) is 0 Å². The number of carbonyl (C=O) groups is 3. The Bertz CT molecular complexity index is 382. The Morgan fingerprint density at radius 1 is 1.40 bits per heavy atom. The number of nitrogens with two attached hydrogens (primary N) is 2. The van der Waals surface area contributed by atoms with E-state index < -0.39 is 23.4 Å². The Morgan fingerprint density at radius 3 is 2.45 bits per heavy atom. The van der Waals surface area contributed by atoms with Crippen LogP contribution in [-0.2, 0) is 14.4 Å². The summed E-state index contributed by atoms with van der Waals surface area (Å²) < 4.78 is 0. The van der Waals surface area contributed by atoms with Gasteiger partial charge in [-0.15, -0.1) is 6.58 Å². The van der Waals surface area contributed by atoms with E-state index in [0.29, 0.717) is 6.42 Å². The van der Waals surface area contributed by atoms with Crippen LogP contribution in [-0.4, -0.2) is 29.2 Å². The Hall–Kier alpha value is -1.69. The molecule has 0 aromatic carbocycles. The number of amides is 2. The first-order valence-corrected chi connectivity index (χ1v) is 6.70. The predicted octanol–water partition coefficient (Wildman–Crippen LogP) is 0.399. The highest BCUT2D eigenvalue weighted by Crippen LogP contribution is 2.16. The summed E-state index contributed by atoms with van der Waals surface area (Å²) in [6.07, 6.45) is 4.01. The lowest BCUT2D eigenvalue weighted by atomic mass is 9.90. The average molecular weight is 283 g/mol. The molecule has 0 saturated heterocycles. The van der Waals surface area contributed by atoms with Gasteiger partial charge in [0.25, 0.3) is 0 Å². The van der Waals surface area contributed by atoms with Gasteiger partial charge in [0.15, 0.2) is 5.78 Å². The predicted molar refractivity (Wildman–Crippen MR) is 77.7 cm³/mol. The summed E-state index contributed by atoms with van der Waals surface area (Å²) in [5.74, 6) is -1.08. The molecule has 0 aliphatic carbocycles. The maximum Gasteiger partial charge on any atom is 0.237 e. The lowest BCUT2D eigenvalue weighted by Gasteiger charge is -2.29. The highest BCUT2D eigenvalue weighted by molar-refractivity contribution is 5.92. The van der Waals surface area contributed by atoms with Crippen LogP contribution < -0.4 is 16.8 Å². The number of hydrogen-bond donors (Lipinski definition) is 3. The Kier molecular flexibility index (Phi) is 7.76. The monoisotopic (exact) mass is 283 g/mol. The molecule has 0 bridgehead atoms. The van der Waals surface area contributed by atoms with Crippen LogP contribution in [0.4, 0.5) is 0 Å². The van der Waals surface area contributed by atoms with Gasteiger partial charge in [-0.1, -0.05) is 6.08 Å². The third kappa shape index (κ3) is 6.47. The van der Waals surface area contributed by atoms with Crippen LogP contribution in [0, 0.1) is 0 Å². The van der Waals surface area contributed by atoms with Crippen LogP contribution in [0.15, 0.2) is 12.7 Å². The molecule has 20 heavy (non-hydrogen) atoms. The highest BCUT2D eigenvalue weighted by atomic mass is 16.2. The van der Waals surface area contributed by atoms with Crippen molar-refractivity contribution < 1.29 is 14.4 Å². The minimum absolute atomic E-state index is 0.0435. The highest BCUT2D eigenvalue weighted by Gasteiger charge is 2.32. The standard InChI is InChI=1S/C14H25N3O3/c1-4-5-6-9-14(3,10(2)18)17-13(20)11(15)7-8-12(16)19/h4,11H,1,5-9,15H2,2-3H3,(H2,16,19)(H,17,20)/t11-,14-/m0/s1. The minimum atomic E-state index is -0.940. The summed E-state index contributed by atoms with van der Waals surface area (Å²) >= 11 is 0. The van der Waals surface area contributed by atoms with Crippen LogP contribution in [0.5, 0.6) is 0 Å². The third-order valence-corrected chi connectivity index (χ3v) is 3.30. The Labute approximate surface area is 120 Å². The summed E-state index contributed by atoms with van der Waals surface area (Å²) in [6.45, 7) is 6.73. The fourth-order valence-corrected chi connectivity index (χ4v) is 1.72. The number of ketones is 1. The van der Waals surface area contributed by atoms with Crippen molar-refractivity contribution in [1.29, 1.82) is 0 Å². The van der Waals surface area contributed by atoms with Crippen LogP contribution in [0.2, 0.25) is 0 Å². The first-order chi connectivity index (χ1) is 9.23. The number of primary amides is 1. The van der Waals surface area contributed by atoms with E-state index in [0.717, 1.165) is 12.8 Å². The van der Waals surface area contributed by atoms with E-state index >= 15 is 0 Å². The molecule has 0 aromatic heterocycles. The lowest BCUT2D eigenvalue weighted by molar-refractivity contribution is -0.131. The summed E-state index contributed by atoms with van der Waals surface area (Å²) in [6, 6.07) is -0.847. The largest absolute Gasteiger partial charge is 0.370 e. The van der Waals surface area contributed by atoms with E-state index in [2.05, 4.69) is 11.9 Å². The van der Waals surface area contributed by atoms with Crippen molar-refractivity contribution in [3.05, 3.63) is 12.7 Å². The smallest absolute Gasteiger partial charge is 0.237 e. The Balaban J connectivity index is 4.56. The molecule has 5 N–H and O–H groups in total. The Morgan fingerprint density at radius 2 is 2.00 bits per heavy atom. The van der Waals surface area contributed by atoms with Crippen molar-refractivity contribution >= 4 is 17.6 Å². The van der Waals surface area contributed by atoms with E-state index in [1.54, 1.807) is 13.0 Å². The molecule has 2 atom stereocenters. The van der Waals surface area contributed by atoms with Gasteiger partial charge >= 0.3 is 0 Å². The van der Waals surface area contributed by atoms with Crippen molar-refractivity contribution in [3.8, 4) is 0 Å². The van der Waals surface area contributed by atoms with E-state index in [4.69, 9.17) is 11.5 Å². The van der Waals surface area contributed by atoms with Crippen molar-refractivity contribution in [2.24, 2.45) is 11.5 Å². The number of rotatable bonds is 10. The van der Waals surface area contributed by atoms with Crippen molar-refractivity contribution in [2.75, 3.05) is 0 Å². The van der Waals surface area contributed by atoms with Crippen molar-refractivity contribution in [3.63, 3.8) is 0 Å². The summed E-state index contributed by atoms with van der Waals surface area (Å²) in [5.41, 5.74) is 9.75. The van der Waals surface area contributed by atoms with Crippen LogP contribution in [0.1, 0.15) is 46.0 Å². The quantitative estimate of drug-likeness (QED) is 0.397. The molecule has 2 amide bonds. The number of hydrogen-bond acceptors (Lipinski definition) is 4. The van der Waals surface area contributed by atoms with Crippen LogP contribution >= 0.6 is 0 Å². The summed E-state index contributed by atoms with van der Waals surface area (Å²) in [7, 11) is 0. The SMILES string of the molecule is C=CCCC[C@](C)(NC(=O)[C@@H](N)CCC(N)=O)C(C)=O. The molecule has 0 fully saturated rings. The third-order valence-electron chi connectivity index (χ3n) is 3.30. The van der Waals surface area contributed by atoms with E-state index in [1.807, 2.05) is 0 Å². The zero-order chi connectivity index (χ0) is 15.8. The molecular formula is C14H25N3O3. The molecule has 0 spiro atoms.